The van der Waals surface area contributed by atoms with Gasteiger partial charge < -0.3 is 4.98 Å². The first-order chi connectivity index (χ1) is 11.6. The van der Waals surface area contributed by atoms with Crippen molar-refractivity contribution in [2.45, 2.75) is 19.8 Å². The van der Waals surface area contributed by atoms with Gasteiger partial charge in [0.1, 0.15) is 0 Å². The van der Waals surface area contributed by atoms with Crippen molar-refractivity contribution in [3.8, 4) is 0 Å². The largest absolute Gasteiger partial charge is 0.360 e. The second-order valence-corrected chi connectivity index (χ2v) is 5.74. The van der Waals surface area contributed by atoms with Gasteiger partial charge in [0.05, 0.1) is 5.56 Å². The Bertz CT molecular complexity index is 883. The van der Waals surface area contributed by atoms with E-state index < -0.39 is 0 Å². The number of carbonyl (C=O) groups is 2. The third kappa shape index (κ3) is 3.63. The van der Waals surface area contributed by atoms with Gasteiger partial charge in [-0.2, -0.15) is 0 Å². The average Bonchev–Trinajstić information content (AvgIpc) is 3.02. The lowest BCUT2D eigenvalue weighted by molar-refractivity contribution is -0.121. The standard InChI is InChI=1S/C19H19N3O2/c1-13-5-4-6-14(11-13)9-10-18(23)21-22-19(24)16-12-20-17-8-3-2-7-15(16)17/h2-8,11-12,20H,9-10H2,1H3,(H,21,23)(H,22,24). The predicted octanol–water partition coefficient (Wildman–Crippen LogP) is 2.87. The minimum atomic E-state index is -0.337. The summed E-state index contributed by atoms with van der Waals surface area (Å²) >= 11 is 0. The molecule has 5 heteroatoms. The predicted molar refractivity (Wildman–Crippen MR) is 93.4 cm³/mol. The Morgan fingerprint density at radius 3 is 2.71 bits per heavy atom. The zero-order valence-corrected chi connectivity index (χ0v) is 13.4. The van der Waals surface area contributed by atoms with E-state index in [0.717, 1.165) is 16.5 Å². The smallest absolute Gasteiger partial charge is 0.271 e. The highest BCUT2D eigenvalue weighted by molar-refractivity contribution is 6.07. The van der Waals surface area contributed by atoms with Crippen LogP contribution in [0.5, 0.6) is 0 Å². The number of aromatic amines is 1. The Kier molecular flexibility index (Phi) is 4.61. The number of fused-ring (bicyclic) bond motifs is 1. The van der Waals surface area contributed by atoms with Gasteiger partial charge in [-0.25, -0.2) is 0 Å². The minimum Gasteiger partial charge on any atom is -0.360 e. The summed E-state index contributed by atoms with van der Waals surface area (Å²) in [6.45, 7) is 2.02. The molecule has 5 nitrogen and oxygen atoms in total. The summed E-state index contributed by atoms with van der Waals surface area (Å²) in [7, 11) is 0. The van der Waals surface area contributed by atoms with Crippen molar-refractivity contribution in [1.82, 2.24) is 15.8 Å². The molecule has 0 saturated heterocycles. The molecule has 0 aliphatic carbocycles. The lowest BCUT2D eigenvalue weighted by atomic mass is 10.1. The van der Waals surface area contributed by atoms with Crippen LogP contribution < -0.4 is 10.9 Å². The van der Waals surface area contributed by atoms with Gasteiger partial charge in [0.15, 0.2) is 0 Å². The van der Waals surface area contributed by atoms with E-state index in [4.69, 9.17) is 0 Å². The molecule has 0 aliphatic heterocycles. The Hall–Kier alpha value is -3.08. The number of para-hydroxylation sites is 1. The van der Waals surface area contributed by atoms with Gasteiger partial charge in [0.2, 0.25) is 5.91 Å². The van der Waals surface area contributed by atoms with Crippen LogP contribution in [0.3, 0.4) is 0 Å². The highest BCUT2D eigenvalue weighted by atomic mass is 16.2. The van der Waals surface area contributed by atoms with Crippen LogP contribution in [0.1, 0.15) is 27.9 Å². The average molecular weight is 321 g/mol. The molecule has 3 N–H and O–H groups in total. The number of carbonyl (C=O) groups excluding carboxylic acids is 2. The van der Waals surface area contributed by atoms with Gasteiger partial charge in [0, 0.05) is 23.5 Å². The van der Waals surface area contributed by atoms with Crippen LogP contribution in [-0.4, -0.2) is 16.8 Å². The molecule has 0 atom stereocenters. The summed E-state index contributed by atoms with van der Waals surface area (Å²) in [5.41, 5.74) is 8.59. The topological polar surface area (TPSA) is 74.0 Å². The molecule has 0 aliphatic rings. The summed E-state index contributed by atoms with van der Waals surface area (Å²) in [4.78, 5) is 27.1. The van der Waals surface area contributed by atoms with Crippen LogP contribution in [0, 0.1) is 6.92 Å². The van der Waals surface area contributed by atoms with E-state index in [1.165, 1.54) is 5.56 Å². The van der Waals surface area contributed by atoms with Gasteiger partial charge in [-0.3, -0.25) is 20.4 Å². The SMILES string of the molecule is Cc1cccc(CCC(=O)NNC(=O)c2c[nH]c3ccccc23)c1. The van der Waals surface area contributed by atoms with Crippen molar-refractivity contribution in [2.24, 2.45) is 0 Å². The van der Waals surface area contributed by atoms with Crippen molar-refractivity contribution in [3.63, 3.8) is 0 Å². The third-order valence-electron chi connectivity index (χ3n) is 3.87. The maximum Gasteiger partial charge on any atom is 0.271 e. The summed E-state index contributed by atoms with van der Waals surface area (Å²) in [6, 6.07) is 15.6. The lowest BCUT2D eigenvalue weighted by Crippen LogP contribution is -2.41. The van der Waals surface area contributed by atoms with Crippen LogP contribution in [0.2, 0.25) is 0 Å². The number of aromatic nitrogens is 1. The molecule has 3 rings (SSSR count). The fourth-order valence-electron chi connectivity index (χ4n) is 2.64. The highest BCUT2D eigenvalue weighted by Crippen LogP contribution is 2.17. The molecule has 24 heavy (non-hydrogen) atoms. The molecule has 0 bridgehead atoms. The van der Waals surface area contributed by atoms with E-state index in [2.05, 4.69) is 21.9 Å². The summed E-state index contributed by atoms with van der Waals surface area (Å²) in [6.07, 6.45) is 2.59. The van der Waals surface area contributed by atoms with Crippen LogP contribution in [0.25, 0.3) is 10.9 Å². The molecule has 3 aromatic rings. The molecular formula is C19H19N3O2. The maximum atomic E-state index is 12.2. The Balaban J connectivity index is 1.53. The second kappa shape index (κ2) is 7.00. The van der Waals surface area contributed by atoms with Crippen molar-refractivity contribution < 1.29 is 9.59 Å². The summed E-state index contributed by atoms with van der Waals surface area (Å²) < 4.78 is 0. The van der Waals surface area contributed by atoms with Crippen molar-refractivity contribution in [3.05, 3.63) is 71.4 Å². The van der Waals surface area contributed by atoms with Crippen LogP contribution >= 0.6 is 0 Å². The molecule has 2 amide bonds. The molecule has 0 fully saturated rings. The van der Waals surface area contributed by atoms with Crippen LogP contribution in [0.4, 0.5) is 0 Å². The fourth-order valence-corrected chi connectivity index (χ4v) is 2.64. The number of nitrogens with one attached hydrogen (secondary N) is 3. The van der Waals surface area contributed by atoms with Gasteiger partial charge in [-0.05, 0) is 25.0 Å². The zero-order chi connectivity index (χ0) is 16.9. The first kappa shape index (κ1) is 15.8. The van der Waals surface area contributed by atoms with E-state index >= 15 is 0 Å². The molecular weight excluding hydrogens is 302 g/mol. The number of aryl methyl sites for hydroxylation is 2. The molecule has 0 saturated carbocycles. The molecule has 1 aromatic heterocycles. The molecule has 0 unspecified atom stereocenters. The van der Waals surface area contributed by atoms with Crippen LogP contribution in [-0.2, 0) is 11.2 Å². The third-order valence-corrected chi connectivity index (χ3v) is 3.87. The monoisotopic (exact) mass is 321 g/mol. The number of amides is 2. The maximum absolute atomic E-state index is 12.2. The quantitative estimate of drug-likeness (QED) is 0.646. The van der Waals surface area contributed by atoms with Gasteiger partial charge in [-0.15, -0.1) is 0 Å². The first-order valence-corrected chi connectivity index (χ1v) is 7.84. The normalized spacial score (nSPS) is 10.5. The lowest BCUT2D eigenvalue weighted by Gasteiger charge is -2.07. The molecule has 2 aromatic carbocycles. The molecule has 122 valence electrons. The fraction of sp³-hybridized carbons (Fsp3) is 0.158. The number of rotatable bonds is 4. The molecule has 0 spiro atoms. The number of hydrazine groups is 1. The highest BCUT2D eigenvalue weighted by Gasteiger charge is 2.12. The van der Waals surface area contributed by atoms with Crippen molar-refractivity contribution >= 4 is 22.7 Å². The van der Waals surface area contributed by atoms with Gasteiger partial charge >= 0.3 is 0 Å². The van der Waals surface area contributed by atoms with Crippen molar-refractivity contribution in [2.75, 3.05) is 0 Å². The number of H-pyrrole nitrogens is 1. The summed E-state index contributed by atoms with van der Waals surface area (Å²) in [5, 5.41) is 0.823. The van der Waals surface area contributed by atoms with Gasteiger partial charge in [-0.1, -0.05) is 48.0 Å². The van der Waals surface area contributed by atoms with E-state index in [1.54, 1.807) is 6.20 Å². The van der Waals surface area contributed by atoms with Gasteiger partial charge in [0.25, 0.3) is 5.91 Å². The molecule has 1 heterocycles. The van der Waals surface area contributed by atoms with E-state index in [-0.39, 0.29) is 11.8 Å². The van der Waals surface area contributed by atoms with Crippen LogP contribution in [0.15, 0.2) is 54.7 Å². The van der Waals surface area contributed by atoms with E-state index in [1.807, 2.05) is 49.4 Å². The summed E-state index contributed by atoms with van der Waals surface area (Å²) in [5.74, 6) is -0.555. The number of benzene rings is 2. The Labute approximate surface area is 140 Å². The first-order valence-electron chi connectivity index (χ1n) is 7.84. The number of hydrogen-bond donors (Lipinski definition) is 3. The molecule has 0 radical (unpaired) electrons. The van der Waals surface area contributed by atoms with E-state index in [0.29, 0.717) is 18.4 Å². The Morgan fingerprint density at radius 2 is 1.88 bits per heavy atom. The number of hydrogen-bond acceptors (Lipinski definition) is 2. The second-order valence-electron chi connectivity index (χ2n) is 5.74. The Morgan fingerprint density at radius 1 is 1.04 bits per heavy atom. The zero-order valence-electron chi connectivity index (χ0n) is 13.4. The van der Waals surface area contributed by atoms with E-state index in [9.17, 15) is 9.59 Å². The minimum absolute atomic E-state index is 0.218. The van der Waals surface area contributed by atoms with Crippen molar-refractivity contribution in [1.29, 1.82) is 0 Å².